The zero-order chi connectivity index (χ0) is 24.1. The number of hydrogen-bond donors (Lipinski definition) is 0. The van der Waals surface area contributed by atoms with E-state index in [0.29, 0.717) is 38.8 Å². The number of amides is 2. The van der Waals surface area contributed by atoms with Crippen molar-refractivity contribution in [1.82, 2.24) is 9.80 Å². The Bertz CT molecular complexity index is 1140. The third-order valence-electron chi connectivity index (χ3n) is 6.32. The minimum Gasteiger partial charge on any atom is -0.445 e. The van der Waals surface area contributed by atoms with Gasteiger partial charge in [0, 0.05) is 13.1 Å². The van der Waals surface area contributed by atoms with Crippen LogP contribution >= 0.6 is 0 Å². The van der Waals surface area contributed by atoms with Crippen LogP contribution in [0.2, 0.25) is 0 Å². The summed E-state index contributed by atoms with van der Waals surface area (Å²) < 4.78 is 30.8. The van der Waals surface area contributed by atoms with Crippen LogP contribution < -0.4 is 0 Å². The molecular formula is C25H28N2O6S. The second kappa shape index (κ2) is 10.4. The number of likely N-dealkylation sites (tertiary alicyclic amines) is 2. The molecule has 2 aromatic carbocycles. The van der Waals surface area contributed by atoms with Crippen molar-refractivity contribution >= 4 is 27.6 Å². The van der Waals surface area contributed by atoms with Gasteiger partial charge in [-0.05, 0) is 43.4 Å². The summed E-state index contributed by atoms with van der Waals surface area (Å²) in [5.41, 5.74) is 0.850. The van der Waals surface area contributed by atoms with E-state index in [2.05, 4.69) is 0 Å². The van der Waals surface area contributed by atoms with Crippen molar-refractivity contribution in [3.05, 3.63) is 66.2 Å². The molecular weight excluding hydrogens is 456 g/mol. The standard InChI is InChI=1S/C25H28N2O6S/c28-23(18-34(31,32)20-11-5-2-6-12-20)21-13-7-15-26(21)24(29)22-14-8-16-27(22)25(30)33-17-19-9-3-1-4-10-19/h1-6,9-12,21-22H,7-8,13-18H2/t21-,22-/m0/s1. The number of sulfone groups is 1. The van der Waals surface area contributed by atoms with E-state index >= 15 is 0 Å². The number of rotatable bonds is 7. The van der Waals surface area contributed by atoms with Gasteiger partial charge in [-0.2, -0.15) is 0 Å². The highest BCUT2D eigenvalue weighted by Gasteiger charge is 2.43. The third kappa shape index (κ3) is 5.30. The molecule has 0 aromatic heterocycles. The molecule has 0 aliphatic carbocycles. The molecule has 0 N–H and O–H groups in total. The Kier molecular flexibility index (Phi) is 7.31. The second-order valence-corrected chi connectivity index (χ2v) is 10.6. The fourth-order valence-electron chi connectivity index (χ4n) is 4.60. The fraction of sp³-hybridized carbons (Fsp3) is 0.400. The van der Waals surface area contributed by atoms with Crippen LogP contribution in [-0.2, 0) is 30.8 Å². The number of benzene rings is 2. The van der Waals surface area contributed by atoms with Crippen LogP contribution in [-0.4, -0.2) is 66.9 Å². The number of carbonyl (C=O) groups excluding carboxylic acids is 3. The number of ether oxygens (including phenoxy) is 1. The molecule has 2 heterocycles. The molecule has 34 heavy (non-hydrogen) atoms. The summed E-state index contributed by atoms with van der Waals surface area (Å²) in [6, 6.07) is 15.6. The van der Waals surface area contributed by atoms with E-state index in [0.717, 1.165) is 5.56 Å². The van der Waals surface area contributed by atoms with Gasteiger partial charge < -0.3 is 9.64 Å². The molecule has 0 saturated carbocycles. The molecule has 0 bridgehead atoms. The average molecular weight is 485 g/mol. The van der Waals surface area contributed by atoms with Crippen molar-refractivity contribution in [2.75, 3.05) is 18.8 Å². The molecule has 0 spiro atoms. The Morgan fingerprint density at radius 2 is 1.41 bits per heavy atom. The van der Waals surface area contributed by atoms with Gasteiger partial charge in [0.2, 0.25) is 5.91 Å². The Balaban J connectivity index is 1.40. The number of ketones is 1. The number of nitrogens with zero attached hydrogens (tertiary/aromatic N) is 2. The molecule has 2 amide bonds. The van der Waals surface area contributed by atoms with Crippen LogP contribution in [0, 0.1) is 0 Å². The lowest BCUT2D eigenvalue weighted by Crippen LogP contribution is -2.51. The second-order valence-electron chi connectivity index (χ2n) is 8.62. The van der Waals surface area contributed by atoms with E-state index in [4.69, 9.17) is 4.74 Å². The minimum atomic E-state index is -3.80. The van der Waals surface area contributed by atoms with E-state index in [1.165, 1.54) is 21.9 Å². The first kappa shape index (κ1) is 23.9. The maximum atomic E-state index is 13.4. The largest absolute Gasteiger partial charge is 0.445 e. The number of Topliss-reactive ketones (excluding diaryl/α,β-unsaturated/α-hetero) is 1. The van der Waals surface area contributed by atoms with Crippen molar-refractivity contribution in [1.29, 1.82) is 0 Å². The average Bonchev–Trinajstić information content (AvgIpc) is 3.53. The maximum Gasteiger partial charge on any atom is 0.410 e. The lowest BCUT2D eigenvalue weighted by molar-refractivity contribution is -0.140. The van der Waals surface area contributed by atoms with Crippen LogP contribution in [0.4, 0.5) is 4.79 Å². The maximum absolute atomic E-state index is 13.4. The predicted octanol–water partition coefficient (Wildman–Crippen LogP) is 2.82. The van der Waals surface area contributed by atoms with Crippen LogP contribution in [0.15, 0.2) is 65.6 Å². The lowest BCUT2D eigenvalue weighted by atomic mass is 10.1. The SMILES string of the molecule is O=C(CS(=O)(=O)c1ccccc1)[C@@H]1CCCN1C(=O)[C@@H]1CCCN1C(=O)OCc1ccccc1. The van der Waals surface area contributed by atoms with Crippen molar-refractivity contribution in [3.63, 3.8) is 0 Å². The van der Waals surface area contributed by atoms with E-state index in [-0.39, 0.29) is 17.4 Å². The molecule has 0 unspecified atom stereocenters. The summed E-state index contributed by atoms with van der Waals surface area (Å²) in [5.74, 6) is -1.47. The van der Waals surface area contributed by atoms with Gasteiger partial charge in [0.05, 0.1) is 10.9 Å². The Morgan fingerprint density at radius 3 is 2.09 bits per heavy atom. The van der Waals surface area contributed by atoms with Gasteiger partial charge in [0.1, 0.15) is 18.4 Å². The molecule has 2 aromatic rings. The normalized spacial score (nSPS) is 20.4. The van der Waals surface area contributed by atoms with Crippen molar-refractivity contribution < 1.29 is 27.5 Å². The predicted molar refractivity (Wildman–Crippen MR) is 125 cm³/mol. The summed E-state index contributed by atoms with van der Waals surface area (Å²) >= 11 is 0. The summed E-state index contributed by atoms with van der Waals surface area (Å²) in [6.07, 6.45) is 1.61. The molecule has 2 fully saturated rings. The van der Waals surface area contributed by atoms with Crippen LogP contribution in [0.25, 0.3) is 0 Å². The zero-order valence-corrected chi connectivity index (χ0v) is 19.7. The van der Waals surface area contributed by atoms with Crippen LogP contribution in [0.5, 0.6) is 0 Å². The zero-order valence-electron chi connectivity index (χ0n) is 18.8. The minimum absolute atomic E-state index is 0.0855. The van der Waals surface area contributed by atoms with Gasteiger partial charge >= 0.3 is 6.09 Å². The summed E-state index contributed by atoms with van der Waals surface area (Å²) in [6.45, 7) is 0.877. The highest BCUT2D eigenvalue weighted by molar-refractivity contribution is 7.92. The van der Waals surface area contributed by atoms with Crippen molar-refractivity contribution in [2.24, 2.45) is 0 Å². The molecule has 2 saturated heterocycles. The van der Waals surface area contributed by atoms with Crippen molar-refractivity contribution in [3.8, 4) is 0 Å². The fourth-order valence-corrected chi connectivity index (χ4v) is 5.90. The van der Waals surface area contributed by atoms with Gasteiger partial charge in [-0.15, -0.1) is 0 Å². The first-order chi connectivity index (χ1) is 16.4. The Hall–Kier alpha value is -3.20. The highest BCUT2D eigenvalue weighted by atomic mass is 32.2. The molecule has 180 valence electrons. The number of hydrogen-bond acceptors (Lipinski definition) is 6. The Labute approximate surface area is 199 Å². The van der Waals surface area contributed by atoms with Crippen molar-refractivity contribution in [2.45, 2.75) is 49.3 Å². The molecule has 2 aliphatic heterocycles. The quantitative estimate of drug-likeness (QED) is 0.599. The van der Waals surface area contributed by atoms with Gasteiger partial charge in [0.25, 0.3) is 0 Å². The summed E-state index contributed by atoms with van der Waals surface area (Å²) in [5, 5.41) is 0. The molecule has 0 radical (unpaired) electrons. The molecule has 9 heteroatoms. The van der Waals surface area contributed by atoms with Gasteiger partial charge in [0.15, 0.2) is 15.6 Å². The lowest BCUT2D eigenvalue weighted by Gasteiger charge is -2.30. The molecule has 8 nitrogen and oxygen atoms in total. The van der Waals surface area contributed by atoms with E-state index in [9.17, 15) is 22.8 Å². The number of carbonyl (C=O) groups is 3. The Morgan fingerprint density at radius 1 is 0.824 bits per heavy atom. The van der Waals surface area contributed by atoms with Gasteiger partial charge in [-0.1, -0.05) is 48.5 Å². The smallest absolute Gasteiger partial charge is 0.410 e. The van der Waals surface area contributed by atoms with Gasteiger partial charge in [-0.3, -0.25) is 14.5 Å². The van der Waals surface area contributed by atoms with Crippen LogP contribution in [0.1, 0.15) is 31.2 Å². The molecule has 2 atom stereocenters. The van der Waals surface area contributed by atoms with Gasteiger partial charge in [-0.25, -0.2) is 13.2 Å². The first-order valence-electron chi connectivity index (χ1n) is 11.4. The highest BCUT2D eigenvalue weighted by Crippen LogP contribution is 2.26. The first-order valence-corrected chi connectivity index (χ1v) is 13.1. The summed E-state index contributed by atoms with van der Waals surface area (Å²) in [4.78, 5) is 42.0. The topological polar surface area (TPSA) is 101 Å². The van der Waals surface area contributed by atoms with Crippen LogP contribution in [0.3, 0.4) is 0 Å². The van der Waals surface area contributed by atoms with E-state index in [1.807, 2.05) is 30.3 Å². The van der Waals surface area contributed by atoms with E-state index in [1.54, 1.807) is 18.2 Å². The summed E-state index contributed by atoms with van der Waals surface area (Å²) in [7, 11) is -3.80. The van der Waals surface area contributed by atoms with E-state index < -0.39 is 39.6 Å². The molecule has 4 rings (SSSR count). The molecule has 2 aliphatic rings. The monoisotopic (exact) mass is 484 g/mol. The third-order valence-corrected chi connectivity index (χ3v) is 7.97.